The maximum absolute atomic E-state index is 9.15. The summed E-state index contributed by atoms with van der Waals surface area (Å²) in [5.41, 5.74) is 0. The predicted molar refractivity (Wildman–Crippen MR) is 46.5 cm³/mol. The molecule has 1 aliphatic rings. The van der Waals surface area contributed by atoms with Crippen LogP contribution in [0.3, 0.4) is 0 Å². The molecule has 11 heavy (non-hydrogen) atoms. The molecule has 2 nitrogen and oxygen atoms in total. The Labute approximate surface area is 69.2 Å². The molecule has 0 aliphatic heterocycles. The smallest absolute Gasteiger partial charge is 0.0639 e. The van der Waals surface area contributed by atoms with Crippen LogP contribution in [0.25, 0.3) is 0 Å². The third-order valence-electron chi connectivity index (χ3n) is 2.18. The van der Waals surface area contributed by atoms with Gasteiger partial charge in [0.25, 0.3) is 0 Å². The Hall–Kier alpha value is -0.0800. The van der Waals surface area contributed by atoms with Crippen molar-refractivity contribution in [3.63, 3.8) is 0 Å². The minimum absolute atomic E-state index is 0.173. The van der Waals surface area contributed by atoms with Gasteiger partial charge in [0.2, 0.25) is 0 Å². The Morgan fingerprint density at radius 1 is 1.55 bits per heavy atom. The monoisotopic (exact) mass is 157 g/mol. The van der Waals surface area contributed by atoms with E-state index in [1.807, 2.05) is 6.92 Å². The highest BCUT2D eigenvalue weighted by molar-refractivity contribution is 4.77. The van der Waals surface area contributed by atoms with Gasteiger partial charge < -0.3 is 10.0 Å². The van der Waals surface area contributed by atoms with Crippen LogP contribution in [-0.4, -0.2) is 35.7 Å². The molecular formula is C9H19NO. The Bertz CT molecular complexity index is 106. The third-order valence-corrected chi connectivity index (χ3v) is 2.18. The van der Waals surface area contributed by atoms with Crippen LogP contribution < -0.4 is 0 Å². The van der Waals surface area contributed by atoms with Crippen molar-refractivity contribution in [3.05, 3.63) is 0 Å². The van der Waals surface area contributed by atoms with Crippen LogP contribution in [0.4, 0.5) is 0 Å². The molecular weight excluding hydrogens is 138 g/mol. The second-order valence-corrected chi connectivity index (χ2v) is 3.64. The van der Waals surface area contributed by atoms with Crippen LogP contribution in [0.1, 0.15) is 26.7 Å². The Kier molecular flexibility index (Phi) is 3.34. The molecule has 0 aromatic carbocycles. The lowest BCUT2D eigenvalue weighted by Gasteiger charge is -2.21. The zero-order valence-electron chi connectivity index (χ0n) is 7.58. The Morgan fingerprint density at radius 3 is 2.55 bits per heavy atom. The van der Waals surface area contributed by atoms with Gasteiger partial charge in [0.1, 0.15) is 0 Å². The van der Waals surface area contributed by atoms with Gasteiger partial charge in [-0.3, -0.25) is 0 Å². The topological polar surface area (TPSA) is 23.5 Å². The largest absolute Gasteiger partial charge is 0.392 e. The molecule has 0 aromatic heterocycles. The van der Waals surface area contributed by atoms with E-state index in [0.29, 0.717) is 0 Å². The molecule has 0 spiro atoms. The molecule has 1 fully saturated rings. The van der Waals surface area contributed by atoms with Crippen molar-refractivity contribution in [2.45, 2.75) is 32.8 Å². The minimum atomic E-state index is -0.173. The van der Waals surface area contributed by atoms with Crippen molar-refractivity contribution in [1.29, 1.82) is 0 Å². The number of aliphatic hydroxyl groups excluding tert-OH is 1. The Balaban J connectivity index is 2.12. The fourth-order valence-electron chi connectivity index (χ4n) is 1.37. The summed E-state index contributed by atoms with van der Waals surface area (Å²) < 4.78 is 0. The van der Waals surface area contributed by atoms with Crippen LogP contribution in [0.2, 0.25) is 0 Å². The SMILES string of the molecule is CCN(CC1CC1)C[C@H](C)O. The highest BCUT2D eigenvalue weighted by Gasteiger charge is 2.23. The van der Waals surface area contributed by atoms with E-state index in [-0.39, 0.29) is 6.10 Å². The summed E-state index contributed by atoms with van der Waals surface area (Å²) in [6.45, 7) is 7.12. The molecule has 1 atom stereocenters. The molecule has 1 N–H and O–H groups in total. The number of hydrogen-bond acceptors (Lipinski definition) is 2. The lowest BCUT2D eigenvalue weighted by Crippen LogP contribution is -2.32. The maximum Gasteiger partial charge on any atom is 0.0639 e. The molecule has 1 rings (SSSR count). The average molecular weight is 157 g/mol. The van der Waals surface area contributed by atoms with Crippen molar-refractivity contribution < 1.29 is 5.11 Å². The quantitative estimate of drug-likeness (QED) is 0.646. The molecule has 0 radical (unpaired) electrons. The lowest BCUT2D eigenvalue weighted by atomic mass is 10.3. The predicted octanol–water partition coefficient (Wildman–Crippen LogP) is 1.10. The number of likely N-dealkylation sites (N-methyl/N-ethyl adjacent to an activating group) is 1. The number of aliphatic hydroxyl groups is 1. The van der Waals surface area contributed by atoms with Gasteiger partial charge in [-0.2, -0.15) is 0 Å². The van der Waals surface area contributed by atoms with Gasteiger partial charge in [-0.1, -0.05) is 6.92 Å². The first-order valence-electron chi connectivity index (χ1n) is 4.62. The third kappa shape index (κ3) is 3.73. The molecule has 0 unspecified atom stereocenters. The van der Waals surface area contributed by atoms with Crippen molar-refractivity contribution in [2.24, 2.45) is 5.92 Å². The van der Waals surface area contributed by atoms with Gasteiger partial charge in [0.15, 0.2) is 0 Å². The van der Waals surface area contributed by atoms with Crippen molar-refractivity contribution in [1.82, 2.24) is 4.90 Å². The van der Waals surface area contributed by atoms with Gasteiger partial charge in [-0.15, -0.1) is 0 Å². The van der Waals surface area contributed by atoms with Crippen molar-refractivity contribution in [3.8, 4) is 0 Å². The molecule has 0 heterocycles. The van der Waals surface area contributed by atoms with E-state index in [0.717, 1.165) is 19.0 Å². The summed E-state index contributed by atoms with van der Waals surface area (Å²) in [5, 5.41) is 9.15. The van der Waals surface area contributed by atoms with E-state index < -0.39 is 0 Å². The number of hydrogen-bond donors (Lipinski definition) is 1. The summed E-state index contributed by atoms with van der Waals surface area (Å²) in [4.78, 5) is 2.34. The van der Waals surface area contributed by atoms with Crippen molar-refractivity contribution in [2.75, 3.05) is 19.6 Å². The molecule has 0 saturated heterocycles. The average Bonchev–Trinajstić information content (AvgIpc) is 2.69. The number of nitrogens with zero attached hydrogens (tertiary/aromatic N) is 1. The fourth-order valence-corrected chi connectivity index (χ4v) is 1.37. The standard InChI is InChI=1S/C9H19NO/c1-3-10(6-8(2)11)7-9-4-5-9/h8-9,11H,3-7H2,1-2H3/t8-/m0/s1. The van der Waals surface area contributed by atoms with Gasteiger partial charge in [0.05, 0.1) is 6.10 Å². The molecule has 66 valence electrons. The van der Waals surface area contributed by atoms with Crippen LogP contribution in [0.5, 0.6) is 0 Å². The van der Waals surface area contributed by atoms with Gasteiger partial charge >= 0.3 is 0 Å². The van der Waals surface area contributed by atoms with Crippen LogP contribution >= 0.6 is 0 Å². The second kappa shape index (κ2) is 4.07. The Morgan fingerprint density at radius 2 is 2.18 bits per heavy atom. The van der Waals surface area contributed by atoms with Crippen LogP contribution in [0.15, 0.2) is 0 Å². The van der Waals surface area contributed by atoms with Gasteiger partial charge in [-0.25, -0.2) is 0 Å². The highest BCUT2D eigenvalue weighted by atomic mass is 16.3. The zero-order chi connectivity index (χ0) is 8.27. The fraction of sp³-hybridized carbons (Fsp3) is 1.00. The highest BCUT2D eigenvalue weighted by Crippen LogP contribution is 2.29. The summed E-state index contributed by atoms with van der Waals surface area (Å²) >= 11 is 0. The summed E-state index contributed by atoms with van der Waals surface area (Å²) in [6, 6.07) is 0. The van der Waals surface area contributed by atoms with E-state index in [1.54, 1.807) is 0 Å². The first-order chi connectivity index (χ1) is 5.22. The van der Waals surface area contributed by atoms with E-state index in [1.165, 1.54) is 19.4 Å². The van der Waals surface area contributed by atoms with E-state index in [2.05, 4.69) is 11.8 Å². The zero-order valence-corrected chi connectivity index (χ0v) is 7.58. The van der Waals surface area contributed by atoms with Crippen LogP contribution in [-0.2, 0) is 0 Å². The normalized spacial score (nSPS) is 20.7. The minimum Gasteiger partial charge on any atom is -0.392 e. The lowest BCUT2D eigenvalue weighted by molar-refractivity contribution is 0.127. The first-order valence-corrected chi connectivity index (χ1v) is 4.62. The van der Waals surface area contributed by atoms with Gasteiger partial charge in [-0.05, 0) is 32.2 Å². The summed E-state index contributed by atoms with van der Waals surface area (Å²) in [7, 11) is 0. The van der Waals surface area contributed by atoms with Gasteiger partial charge in [0, 0.05) is 13.1 Å². The molecule has 0 bridgehead atoms. The van der Waals surface area contributed by atoms with Crippen molar-refractivity contribution >= 4 is 0 Å². The molecule has 1 saturated carbocycles. The van der Waals surface area contributed by atoms with E-state index in [4.69, 9.17) is 5.11 Å². The number of rotatable bonds is 5. The summed E-state index contributed by atoms with van der Waals surface area (Å²) in [5.74, 6) is 0.939. The summed E-state index contributed by atoms with van der Waals surface area (Å²) in [6.07, 6.45) is 2.63. The van der Waals surface area contributed by atoms with E-state index >= 15 is 0 Å². The van der Waals surface area contributed by atoms with Crippen LogP contribution in [0, 0.1) is 5.92 Å². The second-order valence-electron chi connectivity index (χ2n) is 3.64. The first kappa shape index (κ1) is 9.01. The molecule has 1 aliphatic carbocycles. The molecule has 2 heteroatoms. The van der Waals surface area contributed by atoms with E-state index in [9.17, 15) is 0 Å². The maximum atomic E-state index is 9.15. The molecule has 0 amide bonds. The molecule has 0 aromatic rings.